The zero-order valence-electron chi connectivity index (χ0n) is 18.3. The number of nitrogens with one attached hydrogen (secondary N) is 3. The van der Waals surface area contributed by atoms with Gasteiger partial charge in [-0.2, -0.15) is 0 Å². The van der Waals surface area contributed by atoms with Crippen LogP contribution in [0.3, 0.4) is 0 Å². The lowest BCUT2D eigenvalue weighted by Gasteiger charge is -2.15. The third-order valence-corrected chi connectivity index (χ3v) is 4.21. The maximum Gasteiger partial charge on any atom is 0.252 e. The standard InChI is InChI=1S/C22H31N5O3.HI/c1-4-29-12-13-30-20-14-17(2)7-8-18(20)16-27-22(23-3)26-11-10-25-21(28)19-6-5-9-24-15-19;/h5-9,14-15H,4,10-13,16H2,1-3H3,(H,25,28)(H2,23,26,27);1H. The third-order valence-electron chi connectivity index (χ3n) is 4.21. The van der Waals surface area contributed by atoms with Gasteiger partial charge in [0.2, 0.25) is 0 Å². The molecule has 0 radical (unpaired) electrons. The van der Waals surface area contributed by atoms with Crippen LogP contribution in [-0.2, 0) is 11.3 Å². The first kappa shape index (κ1) is 26.6. The van der Waals surface area contributed by atoms with Crippen molar-refractivity contribution < 1.29 is 14.3 Å². The second-order valence-electron chi connectivity index (χ2n) is 6.51. The molecule has 3 N–H and O–H groups in total. The van der Waals surface area contributed by atoms with Crippen LogP contribution < -0.4 is 20.7 Å². The average molecular weight is 541 g/mol. The summed E-state index contributed by atoms with van der Waals surface area (Å²) in [4.78, 5) is 20.2. The number of aliphatic imine (C=N–C) groups is 1. The van der Waals surface area contributed by atoms with Crippen molar-refractivity contribution in [3.8, 4) is 5.75 Å². The fourth-order valence-corrected chi connectivity index (χ4v) is 2.65. The number of halogens is 1. The number of aryl methyl sites for hydroxylation is 1. The van der Waals surface area contributed by atoms with Gasteiger partial charge in [0.15, 0.2) is 5.96 Å². The van der Waals surface area contributed by atoms with Crippen molar-refractivity contribution >= 4 is 35.8 Å². The Kier molecular flexibility index (Phi) is 13.2. The van der Waals surface area contributed by atoms with Gasteiger partial charge in [-0.25, -0.2) is 0 Å². The van der Waals surface area contributed by atoms with Gasteiger partial charge in [-0.05, 0) is 37.6 Å². The van der Waals surface area contributed by atoms with Gasteiger partial charge in [0, 0.05) is 51.2 Å². The molecule has 31 heavy (non-hydrogen) atoms. The molecular formula is C22H32IN5O3. The molecule has 0 saturated carbocycles. The molecule has 9 heteroatoms. The molecule has 0 bridgehead atoms. The molecular weight excluding hydrogens is 509 g/mol. The highest BCUT2D eigenvalue weighted by Crippen LogP contribution is 2.20. The Morgan fingerprint density at radius 3 is 2.65 bits per heavy atom. The number of pyridine rings is 1. The molecule has 1 aromatic carbocycles. The van der Waals surface area contributed by atoms with Crippen LogP contribution >= 0.6 is 24.0 Å². The minimum atomic E-state index is -0.152. The highest BCUT2D eigenvalue weighted by molar-refractivity contribution is 14.0. The summed E-state index contributed by atoms with van der Waals surface area (Å²) in [7, 11) is 1.71. The first-order valence-electron chi connectivity index (χ1n) is 10.1. The van der Waals surface area contributed by atoms with Crippen molar-refractivity contribution in [3.63, 3.8) is 0 Å². The lowest BCUT2D eigenvalue weighted by Crippen LogP contribution is -2.41. The van der Waals surface area contributed by atoms with Gasteiger partial charge in [-0.15, -0.1) is 24.0 Å². The van der Waals surface area contributed by atoms with E-state index in [2.05, 4.69) is 32.0 Å². The highest BCUT2D eigenvalue weighted by Gasteiger charge is 2.07. The number of nitrogens with zero attached hydrogens (tertiary/aromatic N) is 2. The van der Waals surface area contributed by atoms with Gasteiger partial charge in [-0.1, -0.05) is 12.1 Å². The number of hydrogen-bond acceptors (Lipinski definition) is 5. The summed E-state index contributed by atoms with van der Waals surface area (Å²) in [5.41, 5.74) is 2.71. The van der Waals surface area contributed by atoms with Crippen molar-refractivity contribution in [3.05, 3.63) is 59.4 Å². The molecule has 2 aromatic rings. The molecule has 1 heterocycles. The van der Waals surface area contributed by atoms with Gasteiger partial charge < -0.3 is 25.4 Å². The molecule has 2 rings (SSSR count). The van der Waals surface area contributed by atoms with Crippen LogP contribution in [0.25, 0.3) is 0 Å². The van der Waals surface area contributed by atoms with Gasteiger partial charge in [0.05, 0.1) is 12.2 Å². The van der Waals surface area contributed by atoms with E-state index in [0.717, 1.165) is 16.9 Å². The minimum Gasteiger partial charge on any atom is -0.491 e. The van der Waals surface area contributed by atoms with Crippen molar-refractivity contribution in [2.45, 2.75) is 20.4 Å². The number of amides is 1. The topological polar surface area (TPSA) is 96.9 Å². The van der Waals surface area contributed by atoms with E-state index in [-0.39, 0.29) is 29.9 Å². The maximum absolute atomic E-state index is 12.0. The van der Waals surface area contributed by atoms with E-state index in [4.69, 9.17) is 9.47 Å². The predicted octanol–water partition coefficient (Wildman–Crippen LogP) is 2.52. The molecule has 0 atom stereocenters. The number of guanidine groups is 1. The van der Waals surface area contributed by atoms with Crippen LogP contribution in [0.1, 0.15) is 28.4 Å². The number of carbonyl (C=O) groups excluding carboxylic acids is 1. The van der Waals surface area contributed by atoms with Gasteiger partial charge >= 0.3 is 0 Å². The molecule has 0 unspecified atom stereocenters. The predicted molar refractivity (Wildman–Crippen MR) is 133 cm³/mol. The summed E-state index contributed by atoms with van der Waals surface area (Å²) in [6, 6.07) is 9.58. The Hall–Kier alpha value is -2.40. The Morgan fingerprint density at radius 2 is 1.94 bits per heavy atom. The number of rotatable bonds is 11. The Bertz CT molecular complexity index is 818. The van der Waals surface area contributed by atoms with E-state index in [1.54, 1.807) is 31.6 Å². The minimum absolute atomic E-state index is 0. The first-order valence-corrected chi connectivity index (χ1v) is 10.1. The Balaban J connectivity index is 0.00000480. The number of carbonyl (C=O) groups is 1. The number of benzene rings is 1. The lowest BCUT2D eigenvalue weighted by molar-refractivity contribution is 0.0954. The van der Waals surface area contributed by atoms with E-state index in [1.165, 1.54) is 0 Å². The van der Waals surface area contributed by atoms with Gasteiger partial charge in [0.25, 0.3) is 5.91 Å². The van der Waals surface area contributed by atoms with Crippen LogP contribution in [0.15, 0.2) is 47.7 Å². The van der Waals surface area contributed by atoms with E-state index in [0.29, 0.717) is 51.0 Å². The Labute approximate surface area is 201 Å². The van der Waals surface area contributed by atoms with Crippen molar-refractivity contribution in [2.24, 2.45) is 4.99 Å². The zero-order valence-corrected chi connectivity index (χ0v) is 20.6. The first-order chi connectivity index (χ1) is 14.6. The summed E-state index contributed by atoms with van der Waals surface area (Å²) in [5, 5.41) is 9.30. The molecule has 0 spiro atoms. The molecule has 170 valence electrons. The summed E-state index contributed by atoms with van der Waals surface area (Å²) in [6.45, 7) is 7.31. The summed E-state index contributed by atoms with van der Waals surface area (Å²) in [6.07, 6.45) is 3.18. The molecule has 0 aliphatic heterocycles. The summed E-state index contributed by atoms with van der Waals surface area (Å²) < 4.78 is 11.2. The SMILES string of the molecule is CCOCCOc1cc(C)ccc1CNC(=NC)NCCNC(=O)c1cccnc1.I. The van der Waals surface area contributed by atoms with Crippen LogP contribution in [0.5, 0.6) is 5.75 Å². The van der Waals surface area contributed by atoms with Crippen LogP contribution in [0.2, 0.25) is 0 Å². The largest absolute Gasteiger partial charge is 0.491 e. The Morgan fingerprint density at radius 1 is 1.13 bits per heavy atom. The molecule has 8 nitrogen and oxygen atoms in total. The fraction of sp³-hybridized carbons (Fsp3) is 0.409. The summed E-state index contributed by atoms with van der Waals surface area (Å²) in [5.74, 6) is 1.33. The fourth-order valence-electron chi connectivity index (χ4n) is 2.65. The second kappa shape index (κ2) is 15.4. The number of hydrogen-bond donors (Lipinski definition) is 3. The maximum atomic E-state index is 12.0. The third kappa shape index (κ3) is 9.97. The van der Waals surface area contributed by atoms with Crippen LogP contribution in [0, 0.1) is 6.92 Å². The van der Waals surface area contributed by atoms with Gasteiger partial charge in [-0.3, -0.25) is 14.8 Å². The molecule has 0 aliphatic carbocycles. The van der Waals surface area contributed by atoms with Gasteiger partial charge in [0.1, 0.15) is 12.4 Å². The van der Waals surface area contributed by atoms with Crippen molar-refractivity contribution in [1.82, 2.24) is 20.9 Å². The van der Waals surface area contributed by atoms with Crippen LogP contribution in [0.4, 0.5) is 0 Å². The average Bonchev–Trinajstić information content (AvgIpc) is 2.77. The number of aromatic nitrogens is 1. The molecule has 1 amide bonds. The molecule has 1 aromatic heterocycles. The van der Waals surface area contributed by atoms with E-state index in [9.17, 15) is 4.79 Å². The lowest BCUT2D eigenvalue weighted by atomic mass is 10.1. The smallest absolute Gasteiger partial charge is 0.252 e. The van der Waals surface area contributed by atoms with Crippen molar-refractivity contribution in [1.29, 1.82) is 0 Å². The van der Waals surface area contributed by atoms with E-state index >= 15 is 0 Å². The second-order valence-corrected chi connectivity index (χ2v) is 6.51. The van der Waals surface area contributed by atoms with E-state index in [1.807, 2.05) is 26.0 Å². The highest BCUT2D eigenvalue weighted by atomic mass is 127. The molecule has 0 saturated heterocycles. The molecule has 0 aliphatic rings. The summed E-state index contributed by atoms with van der Waals surface area (Å²) >= 11 is 0. The number of ether oxygens (including phenoxy) is 2. The zero-order chi connectivity index (χ0) is 21.6. The normalized spacial score (nSPS) is 10.7. The van der Waals surface area contributed by atoms with E-state index < -0.39 is 0 Å². The van der Waals surface area contributed by atoms with Crippen LogP contribution in [-0.4, -0.2) is 56.8 Å². The van der Waals surface area contributed by atoms with Crippen molar-refractivity contribution in [2.75, 3.05) is 40.0 Å². The monoisotopic (exact) mass is 541 g/mol. The molecule has 0 fully saturated rings. The quantitative estimate of drug-likeness (QED) is 0.175.